The molecule has 0 spiro atoms. The zero-order valence-corrected chi connectivity index (χ0v) is 5.30. The SMILES string of the molecule is O=C(OC(F)F)C(=O)OC(F)F. The van der Waals surface area contributed by atoms with Gasteiger partial charge in [-0.05, 0) is 0 Å². The summed E-state index contributed by atoms with van der Waals surface area (Å²) in [6.45, 7) is -7.08. The van der Waals surface area contributed by atoms with Crippen molar-refractivity contribution in [3.8, 4) is 0 Å². The van der Waals surface area contributed by atoms with E-state index in [1.54, 1.807) is 0 Å². The maximum absolute atomic E-state index is 11.1. The predicted octanol–water partition coefficient (Wildman–Crippen LogP) is 0.518. The molecule has 0 aromatic carbocycles. The zero-order valence-electron chi connectivity index (χ0n) is 5.30. The lowest BCUT2D eigenvalue weighted by molar-refractivity contribution is -0.202. The van der Waals surface area contributed by atoms with Crippen LogP contribution in [0, 0.1) is 0 Å². The highest BCUT2D eigenvalue weighted by Crippen LogP contribution is 2.00. The van der Waals surface area contributed by atoms with Gasteiger partial charge >= 0.3 is 25.2 Å². The van der Waals surface area contributed by atoms with Crippen LogP contribution in [0.5, 0.6) is 0 Å². The standard InChI is InChI=1S/C4H2F4O4/c5-3(6)11-1(9)2(10)12-4(7)8/h3-4H. The Bertz CT molecular complexity index is 160. The first-order valence-corrected chi connectivity index (χ1v) is 2.41. The summed E-state index contributed by atoms with van der Waals surface area (Å²) in [5.41, 5.74) is 0. The number of esters is 2. The third-order valence-electron chi connectivity index (χ3n) is 0.559. The maximum Gasteiger partial charge on any atom is 0.422 e. The van der Waals surface area contributed by atoms with Crippen molar-refractivity contribution < 1.29 is 36.6 Å². The number of carbonyl (C=O) groups is 2. The van der Waals surface area contributed by atoms with Gasteiger partial charge in [0.1, 0.15) is 0 Å². The lowest BCUT2D eigenvalue weighted by Gasteiger charge is -2.01. The molecule has 0 radical (unpaired) electrons. The molecule has 0 aliphatic carbocycles. The van der Waals surface area contributed by atoms with E-state index in [1.807, 2.05) is 0 Å². The fourth-order valence-electron chi connectivity index (χ4n) is 0.258. The minimum atomic E-state index is -3.54. The van der Waals surface area contributed by atoms with E-state index in [0.29, 0.717) is 0 Å². The first kappa shape index (κ1) is 10.7. The van der Waals surface area contributed by atoms with E-state index in [9.17, 15) is 27.2 Å². The minimum absolute atomic E-state index is 2.16. The second-order valence-electron chi connectivity index (χ2n) is 1.33. The molecular weight excluding hydrogens is 188 g/mol. The molecule has 12 heavy (non-hydrogen) atoms. The van der Waals surface area contributed by atoms with Gasteiger partial charge in [0.15, 0.2) is 0 Å². The van der Waals surface area contributed by atoms with Crippen LogP contribution in [-0.4, -0.2) is 25.2 Å². The number of rotatable bonds is 2. The number of ether oxygens (including phenoxy) is 2. The Morgan fingerprint density at radius 2 is 1.08 bits per heavy atom. The Balaban J connectivity index is 3.86. The molecule has 4 nitrogen and oxygen atoms in total. The molecule has 8 heteroatoms. The van der Waals surface area contributed by atoms with Crippen molar-refractivity contribution in [1.82, 2.24) is 0 Å². The summed E-state index contributed by atoms with van der Waals surface area (Å²) in [6.07, 6.45) is 0. The van der Waals surface area contributed by atoms with Crippen molar-refractivity contribution >= 4 is 11.9 Å². The highest BCUT2D eigenvalue weighted by atomic mass is 19.3. The Kier molecular flexibility index (Phi) is 4.02. The van der Waals surface area contributed by atoms with E-state index in [-0.39, 0.29) is 0 Å². The summed E-state index contributed by atoms with van der Waals surface area (Å²) >= 11 is 0. The largest absolute Gasteiger partial charge is 0.422 e. The minimum Gasteiger partial charge on any atom is -0.395 e. The van der Waals surface area contributed by atoms with Gasteiger partial charge < -0.3 is 9.47 Å². The molecule has 0 saturated carbocycles. The number of hydrogen-bond donors (Lipinski definition) is 0. The molecule has 0 atom stereocenters. The molecule has 0 aromatic heterocycles. The highest BCUT2D eigenvalue weighted by Gasteiger charge is 2.24. The van der Waals surface area contributed by atoms with Crippen molar-refractivity contribution in [2.24, 2.45) is 0 Å². The topological polar surface area (TPSA) is 52.6 Å². The molecule has 0 saturated heterocycles. The summed E-state index contributed by atoms with van der Waals surface area (Å²) < 4.78 is 50.4. The van der Waals surface area contributed by atoms with E-state index >= 15 is 0 Å². The van der Waals surface area contributed by atoms with Gasteiger partial charge in [0.2, 0.25) is 0 Å². The quantitative estimate of drug-likeness (QED) is 0.361. The molecule has 0 amide bonds. The van der Waals surface area contributed by atoms with Gasteiger partial charge in [-0.3, -0.25) is 0 Å². The summed E-state index contributed by atoms with van der Waals surface area (Å²) in [5, 5.41) is 0. The fraction of sp³-hybridized carbons (Fsp3) is 0.500. The molecule has 0 bridgehead atoms. The Labute approximate surface area is 63.0 Å². The average molecular weight is 190 g/mol. The molecular formula is C4H2F4O4. The molecule has 0 rings (SSSR count). The van der Waals surface area contributed by atoms with Crippen LogP contribution in [0.1, 0.15) is 0 Å². The summed E-state index contributed by atoms with van der Waals surface area (Å²) in [5.74, 6) is -4.32. The fourth-order valence-corrected chi connectivity index (χ4v) is 0.258. The first-order chi connectivity index (χ1) is 5.43. The average Bonchev–Trinajstić information content (AvgIpc) is 1.84. The molecule has 0 fully saturated rings. The number of alkyl halides is 4. The first-order valence-electron chi connectivity index (χ1n) is 2.41. The second kappa shape index (κ2) is 4.52. The van der Waals surface area contributed by atoms with E-state index in [1.165, 1.54) is 0 Å². The molecule has 0 unspecified atom stereocenters. The monoisotopic (exact) mass is 190 g/mol. The van der Waals surface area contributed by atoms with Crippen LogP contribution >= 0.6 is 0 Å². The van der Waals surface area contributed by atoms with Crippen LogP contribution < -0.4 is 0 Å². The second-order valence-corrected chi connectivity index (χ2v) is 1.33. The number of hydrogen-bond acceptors (Lipinski definition) is 4. The molecule has 0 N–H and O–H groups in total. The summed E-state index contributed by atoms with van der Waals surface area (Å²) in [6, 6.07) is 0. The van der Waals surface area contributed by atoms with Gasteiger partial charge in [-0.15, -0.1) is 0 Å². The Hall–Kier alpha value is -1.34. The van der Waals surface area contributed by atoms with E-state index in [0.717, 1.165) is 0 Å². The van der Waals surface area contributed by atoms with Crippen LogP contribution in [0.4, 0.5) is 17.6 Å². The summed E-state index contributed by atoms with van der Waals surface area (Å²) in [4.78, 5) is 20.0. The van der Waals surface area contributed by atoms with Gasteiger partial charge in [0.05, 0.1) is 0 Å². The van der Waals surface area contributed by atoms with Crippen LogP contribution in [-0.2, 0) is 19.1 Å². The molecule has 0 aliphatic heterocycles. The van der Waals surface area contributed by atoms with Crippen molar-refractivity contribution in [3.05, 3.63) is 0 Å². The van der Waals surface area contributed by atoms with Crippen molar-refractivity contribution in [3.63, 3.8) is 0 Å². The lowest BCUT2D eigenvalue weighted by Crippen LogP contribution is -2.24. The van der Waals surface area contributed by atoms with Gasteiger partial charge in [0.25, 0.3) is 0 Å². The molecule has 70 valence electrons. The lowest BCUT2D eigenvalue weighted by atomic mass is 10.7. The number of carbonyl (C=O) groups excluding carboxylic acids is 2. The maximum atomic E-state index is 11.1. The van der Waals surface area contributed by atoms with Gasteiger partial charge in [0, 0.05) is 0 Å². The number of halogens is 4. The molecule has 0 aromatic rings. The van der Waals surface area contributed by atoms with Crippen molar-refractivity contribution in [2.45, 2.75) is 13.2 Å². The Morgan fingerprint density at radius 1 is 0.833 bits per heavy atom. The third kappa shape index (κ3) is 4.47. The van der Waals surface area contributed by atoms with Crippen LogP contribution in [0.15, 0.2) is 0 Å². The van der Waals surface area contributed by atoms with Gasteiger partial charge in [-0.1, -0.05) is 0 Å². The van der Waals surface area contributed by atoms with Gasteiger partial charge in [-0.25, -0.2) is 9.59 Å². The van der Waals surface area contributed by atoms with E-state index in [4.69, 9.17) is 0 Å². The van der Waals surface area contributed by atoms with Crippen molar-refractivity contribution in [1.29, 1.82) is 0 Å². The van der Waals surface area contributed by atoms with E-state index in [2.05, 4.69) is 9.47 Å². The molecule has 0 aliphatic rings. The normalized spacial score (nSPS) is 10.2. The molecule has 0 heterocycles. The summed E-state index contributed by atoms with van der Waals surface area (Å²) in [7, 11) is 0. The Morgan fingerprint density at radius 3 is 1.25 bits per heavy atom. The van der Waals surface area contributed by atoms with E-state index < -0.39 is 25.2 Å². The van der Waals surface area contributed by atoms with Crippen LogP contribution in [0.3, 0.4) is 0 Å². The highest BCUT2D eigenvalue weighted by molar-refractivity contribution is 6.29. The smallest absolute Gasteiger partial charge is 0.395 e. The van der Waals surface area contributed by atoms with Crippen LogP contribution in [0.25, 0.3) is 0 Å². The zero-order chi connectivity index (χ0) is 9.72. The van der Waals surface area contributed by atoms with Crippen molar-refractivity contribution in [2.75, 3.05) is 0 Å². The predicted molar refractivity (Wildman–Crippen MR) is 24.2 cm³/mol. The van der Waals surface area contributed by atoms with Gasteiger partial charge in [-0.2, -0.15) is 17.6 Å². The third-order valence-corrected chi connectivity index (χ3v) is 0.559. The van der Waals surface area contributed by atoms with Crippen LogP contribution in [0.2, 0.25) is 0 Å².